The van der Waals surface area contributed by atoms with Crippen molar-refractivity contribution in [2.45, 2.75) is 6.29 Å². The van der Waals surface area contributed by atoms with Gasteiger partial charge in [0.2, 0.25) is 0 Å². The fourth-order valence-electron chi connectivity index (χ4n) is 0.881. The van der Waals surface area contributed by atoms with Crippen molar-refractivity contribution in [3.05, 3.63) is 0 Å². The largest absolute Gasteiger partial charge is 0.355 e. The first-order valence-corrected chi connectivity index (χ1v) is 3.16. The van der Waals surface area contributed by atoms with Crippen LogP contribution in [-0.4, -0.2) is 45.0 Å². The summed E-state index contributed by atoms with van der Waals surface area (Å²) in [5, 5.41) is 0. The number of rotatable bonds is 1. The van der Waals surface area contributed by atoms with Crippen LogP contribution in [0.3, 0.4) is 0 Å². The maximum Gasteiger partial charge on any atom is 0.169 e. The monoisotopic (exact) mass is 131 g/mol. The van der Waals surface area contributed by atoms with Gasteiger partial charge in [0.05, 0.1) is 6.61 Å². The summed E-state index contributed by atoms with van der Waals surface area (Å²) in [4.78, 5) is 2.19. The molecule has 0 aromatic carbocycles. The Morgan fingerprint density at radius 2 is 2.44 bits per heavy atom. The van der Waals surface area contributed by atoms with Crippen LogP contribution in [0.4, 0.5) is 0 Å². The van der Waals surface area contributed by atoms with Gasteiger partial charge in [-0.3, -0.25) is 4.90 Å². The Morgan fingerprint density at radius 1 is 1.67 bits per heavy atom. The molecule has 0 amide bonds. The lowest BCUT2D eigenvalue weighted by molar-refractivity contribution is -0.160. The molecule has 0 aromatic heterocycles. The van der Waals surface area contributed by atoms with E-state index in [1.54, 1.807) is 7.11 Å². The van der Waals surface area contributed by atoms with Gasteiger partial charge in [0.25, 0.3) is 0 Å². The van der Waals surface area contributed by atoms with Gasteiger partial charge in [-0.2, -0.15) is 0 Å². The van der Waals surface area contributed by atoms with Crippen LogP contribution >= 0.6 is 0 Å². The standard InChI is InChI=1S/C6H13NO2/c1-7-3-4-9-6(5-7)8-2/h6H,3-5H2,1-2H3/t6-/m1/s1. The summed E-state index contributed by atoms with van der Waals surface area (Å²) in [6, 6.07) is 0. The predicted molar refractivity (Wildman–Crippen MR) is 34.2 cm³/mol. The lowest BCUT2D eigenvalue weighted by atomic mass is 10.4. The predicted octanol–water partition coefficient (Wildman–Crippen LogP) is -0.0791. The van der Waals surface area contributed by atoms with E-state index in [-0.39, 0.29) is 6.29 Å². The highest BCUT2D eigenvalue weighted by atomic mass is 16.7. The molecule has 1 rings (SSSR count). The summed E-state index contributed by atoms with van der Waals surface area (Å²) < 4.78 is 10.2. The molecule has 1 aliphatic heterocycles. The Morgan fingerprint density at radius 3 is 2.89 bits per heavy atom. The van der Waals surface area contributed by atoms with Crippen molar-refractivity contribution in [1.82, 2.24) is 4.90 Å². The van der Waals surface area contributed by atoms with Crippen LogP contribution in [-0.2, 0) is 9.47 Å². The molecular formula is C6H13NO2. The number of ether oxygens (including phenoxy) is 2. The lowest BCUT2D eigenvalue weighted by Crippen LogP contribution is -2.40. The van der Waals surface area contributed by atoms with E-state index >= 15 is 0 Å². The SMILES string of the molecule is CO[C@H]1CN(C)CCO1. The second-order valence-corrected chi connectivity index (χ2v) is 2.30. The van der Waals surface area contributed by atoms with Crippen LogP contribution in [0.1, 0.15) is 0 Å². The van der Waals surface area contributed by atoms with Gasteiger partial charge >= 0.3 is 0 Å². The van der Waals surface area contributed by atoms with Crippen molar-refractivity contribution in [1.29, 1.82) is 0 Å². The zero-order valence-electron chi connectivity index (χ0n) is 5.96. The Kier molecular flexibility index (Phi) is 2.45. The van der Waals surface area contributed by atoms with Gasteiger partial charge in [-0.1, -0.05) is 0 Å². The third kappa shape index (κ3) is 1.93. The van der Waals surface area contributed by atoms with Crippen LogP contribution in [0.5, 0.6) is 0 Å². The minimum absolute atomic E-state index is 0.0104. The van der Waals surface area contributed by atoms with Crippen molar-refractivity contribution in [3.8, 4) is 0 Å². The van der Waals surface area contributed by atoms with Gasteiger partial charge in [0.15, 0.2) is 6.29 Å². The first-order valence-electron chi connectivity index (χ1n) is 3.16. The molecule has 54 valence electrons. The molecule has 0 bridgehead atoms. The van der Waals surface area contributed by atoms with Crippen LogP contribution in [0.25, 0.3) is 0 Å². The van der Waals surface area contributed by atoms with Crippen molar-refractivity contribution >= 4 is 0 Å². The van der Waals surface area contributed by atoms with Gasteiger partial charge in [-0.15, -0.1) is 0 Å². The molecule has 1 saturated heterocycles. The molecule has 0 saturated carbocycles. The van der Waals surface area contributed by atoms with E-state index in [9.17, 15) is 0 Å². The molecule has 0 radical (unpaired) electrons. The fraction of sp³-hybridized carbons (Fsp3) is 1.00. The summed E-state index contributed by atoms with van der Waals surface area (Å²) in [5.74, 6) is 0. The van der Waals surface area contributed by atoms with Crippen molar-refractivity contribution in [3.63, 3.8) is 0 Å². The molecule has 3 nitrogen and oxygen atoms in total. The number of hydrogen-bond donors (Lipinski definition) is 0. The van der Waals surface area contributed by atoms with E-state index < -0.39 is 0 Å². The van der Waals surface area contributed by atoms with Gasteiger partial charge in [0.1, 0.15) is 0 Å². The Hall–Kier alpha value is -0.120. The minimum atomic E-state index is -0.0104. The summed E-state index contributed by atoms with van der Waals surface area (Å²) in [5.41, 5.74) is 0. The van der Waals surface area contributed by atoms with E-state index in [1.807, 2.05) is 0 Å². The van der Waals surface area contributed by atoms with E-state index in [0.717, 1.165) is 19.7 Å². The minimum Gasteiger partial charge on any atom is -0.355 e. The van der Waals surface area contributed by atoms with Gasteiger partial charge in [-0.05, 0) is 7.05 Å². The van der Waals surface area contributed by atoms with Crippen molar-refractivity contribution in [2.24, 2.45) is 0 Å². The summed E-state index contributed by atoms with van der Waals surface area (Å²) >= 11 is 0. The maximum atomic E-state index is 5.23. The quantitative estimate of drug-likeness (QED) is 0.497. The first-order chi connectivity index (χ1) is 4.33. The summed E-state index contributed by atoms with van der Waals surface area (Å²) in [6.07, 6.45) is -0.0104. The summed E-state index contributed by atoms with van der Waals surface area (Å²) in [6.45, 7) is 2.69. The molecular weight excluding hydrogens is 118 g/mol. The third-order valence-corrected chi connectivity index (χ3v) is 1.50. The van der Waals surface area contributed by atoms with Crippen LogP contribution < -0.4 is 0 Å². The van der Waals surface area contributed by atoms with E-state index in [4.69, 9.17) is 9.47 Å². The van der Waals surface area contributed by atoms with E-state index in [2.05, 4.69) is 11.9 Å². The second kappa shape index (κ2) is 3.15. The highest BCUT2D eigenvalue weighted by Crippen LogP contribution is 2.01. The number of nitrogens with zero attached hydrogens (tertiary/aromatic N) is 1. The molecule has 0 aliphatic carbocycles. The number of morpholine rings is 1. The highest BCUT2D eigenvalue weighted by molar-refractivity contribution is 4.59. The molecule has 9 heavy (non-hydrogen) atoms. The Balaban J connectivity index is 2.23. The summed E-state index contributed by atoms with van der Waals surface area (Å²) in [7, 11) is 3.73. The second-order valence-electron chi connectivity index (χ2n) is 2.30. The van der Waals surface area contributed by atoms with E-state index in [1.165, 1.54) is 0 Å². The molecule has 0 N–H and O–H groups in total. The molecule has 1 atom stereocenters. The Bertz CT molecular complexity index is 87.1. The van der Waals surface area contributed by atoms with Crippen LogP contribution in [0.15, 0.2) is 0 Å². The third-order valence-electron chi connectivity index (χ3n) is 1.50. The van der Waals surface area contributed by atoms with Gasteiger partial charge < -0.3 is 9.47 Å². The number of hydrogen-bond acceptors (Lipinski definition) is 3. The van der Waals surface area contributed by atoms with Crippen molar-refractivity contribution < 1.29 is 9.47 Å². The molecule has 0 spiro atoms. The normalized spacial score (nSPS) is 30.7. The number of likely N-dealkylation sites (N-methyl/N-ethyl adjacent to an activating group) is 1. The molecule has 0 aromatic rings. The fourth-order valence-corrected chi connectivity index (χ4v) is 0.881. The average Bonchev–Trinajstić information content (AvgIpc) is 1.88. The smallest absolute Gasteiger partial charge is 0.169 e. The molecule has 1 heterocycles. The molecule has 1 aliphatic rings. The highest BCUT2D eigenvalue weighted by Gasteiger charge is 2.15. The Labute approximate surface area is 55.5 Å². The van der Waals surface area contributed by atoms with Crippen molar-refractivity contribution in [2.75, 3.05) is 33.9 Å². The molecule has 3 heteroatoms. The van der Waals surface area contributed by atoms with Crippen LogP contribution in [0, 0.1) is 0 Å². The first kappa shape index (κ1) is 6.99. The zero-order chi connectivity index (χ0) is 6.69. The van der Waals surface area contributed by atoms with Gasteiger partial charge in [0, 0.05) is 20.2 Å². The lowest BCUT2D eigenvalue weighted by Gasteiger charge is -2.28. The molecule has 1 fully saturated rings. The average molecular weight is 131 g/mol. The van der Waals surface area contributed by atoms with E-state index in [0.29, 0.717) is 0 Å². The van der Waals surface area contributed by atoms with Crippen LogP contribution in [0.2, 0.25) is 0 Å². The topological polar surface area (TPSA) is 21.7 Å². The van der Waals surface area contributed by atoms with Gasteiger partial charge in [-0.25, -0.2) is 0 Å². The number of methoxy groups -OCH3 is 1. The zero-order valence-corrected chi connectivity index (χ0v) is 5.96. The molecule has 0 unspecified atom stereocenters. The maximum absolute atomic E-state index is 5.23.